The number of hydrogen-bond acceptors (Lipinski definition) is 6. The van der Waals surface area contributed by atoms with E-state index in [1.807, 2.05) is 0 Å². The Morgan fingerprint density at radius 2 is 1.80 bits per heavy atom. The fourth-order valence-electron chi connectivity index (χ4n) is 5.25. The van der Waals surface area contributed by atoms with E-state index in [-0.39, 0.29) is 30.1 Å². The van der Waals surface area contributed by atoms with Crippen LogP contribution < -0.4 is 15.4 Å². The topological polar surface area (TPSA) is 104 Å². The molecule has 41 heavy (non-hydrogen) atoms. The molecular formula is C27H30F6N4O4. The van der Waals surface area contributed by atoms with Gasteiger partial charge in [-0.2, -0.15) is 26.3 Å². The third-order valence-electron chi connectivity index (χ3n) is 7.40. The van der Waals surface area contributed by atoms with Crippen molar-refractivity contribution >= 4 is 11.8 Å². The van der Waals surface area contributed by atoms with Crippen LogP contribution in [0.5, 0.6) is 5.88 Å². The number of benzene rings is 1. The van der Waals surface area contributed by atoms with Gasteiger partial charge in [0.05, 0.1) is 17.7 Å². The second-order valence-corrected chi connectivity index (χ2v) is 10.4. The van der Waals surface area contributed by atoms with Gasteiger partial charge in [-0.1, -0.05) is 6.07 Å². The summed E-state index contributed by atoms with van der Waals surface area (Å²) in [6.07, 6.45) is -4.86. The fraction of sp³-hybridized carbons (Fsp3) is 0.519. The summed E-state index contributed by atoms with van der Waals surface area (Å²) < 4.78 is 80.2. The minimum atomic E-state index is -4.58. The molecular weight excluding hydrogens is 558 g/mol. The monoisotopic (exact) mass is 588 g/mol. The number of nitrogens with zero attached hydrogens (tertiary/aromatic N) is 2. The van der Waals surface area contributed by atoms with Crippen molar-refractivity contribution in [2.24, 2.45) is 0 Å². The first kappa shape index (κ1) is 30.6. The van der Waals surface area contributed by atoms with Crippen molar-refractivity contribution in [3.8, 4) is 5.88 Å². The first-order valence-corrected chi connectivity index (χ1v) is 13.1. The fourth-order valence-corrected chi connectivity index (χ4v) is 5.25. The number of ether oxygens (including phenoxy) is 1. The third-order valence-corrected chi connectivity index (χ3v) is 7.40. The highest BCUT2D eigenvalue weighted by Crippen LogP contribution is 2.39. The highest BCUT2D eigenvalue weighted by molar-refractivity contribution is 5.96. The number of alkyl halides is 6. The van der Waals surface area contributed by atoms with Gasteiger partial charge in [-0.3, -0.25) is 14.5 Å². The van der Waals surface area contributed by atoms with E-state index >= 15 is 0 Å². The summed E-state index contributed by atoms with van der Waals surface area (Å²) in [5, 5.41) is 16.3. The zero-order chi connectivity index (χ0) is 29.8. The molecule has 1 atom stereocenters. The van der Waals surface area contributed by atoms with E-state index < -0.39 is 41.9 Å². The highest BCUT2D eigenvalue weighted by atomic mass is 19.4. The van der Waals surface area contributed by atoms with E-state index in [4.69, 9.17) is 0 Å². The average Bonchev–Trinajstić information content (AvgIpc) is 3.38. The van der Waals surface area contributed by atoms with Gasteiger partial charge in [0.25, 0.3) is 5.91 Å². The molecule has 0 bridgehead atoms. The first-order chi connectivity index (χ1) is 19.2. The third kappa shape index (κ3) is 8.32. The maximum Gasteiger partial charge on any atom is 0.422 e. The number of aromatic nitrogens is 1. The summed E-state index contributed by atoms with van der Waals surface area (Å²) in [5.41, 5.74) is -1.80. The van der Waals surface area contributed by atoms with Gasteiger partial charge in [0.1, 0.15) is 0 Å². The van der Waals surface area contributed by atoms with E-state index in [1.165, 1.54) is 24.4 Å². The molecule has 1 aromatic carbocycles. The van der Waals surface area contributed by atoms with Gasteiger partial charge in [0, 0.05) is 48.6 Å². The van der Waals surface area contributed by atoms with Crippen molar-refractivity contribution in [3.05, 3.63) is 59.3 Å². The predicted octanol–water partition coefficient (Wildman–Crippen LogP) is 3.79. The maximum absolute atomic E-state index is 12.9. The molecule has 1 aliphatic heterocycles. The van der Waals surface area contributed by atoms with Crippen LogP contribution in [0.25, 0.3) is 0 Å². The molecule has 0 radical (unpaired) electrons. The molecule has 1 aliphatic carbocycles. The molecule has 2 aromatic rings. The number of pyridine rings is 1. The van der Waals surface area contributed by atoms with Gasteiger partial charge < -0.3 is 20.5 Å². The summed E-state index contributed by atoms with van der Waals surface area (Å²) >= 11 is 0. The summed E-state index contributed by atoms with van der Waals surface area (Å²) in [5.74, 6) is -1.42. The Balaban J connectivity index is 1.20. The number of likely N-dealkylation sites (tertiary alicyclic amines) is 1. The quantitative estimate of drug-likeness (QED) is 0.406. The second-order valence-electron chi connectivity index (χ2n) is 10.4. The van der Waals surface area contributed by atoms with Crippen LogP contribution in [0.3, 0.4) is 0 Å². The second kappa shape index (κ2) is 12.2. The molecule has 8 nitrogen and oxygen atoms in total. The largest absolute Gasteiger partial charge is 0.468 e. The van der Waals surface area contributed by atoms with Crippen LogP contribution in [-0.2, 0) is 16.6 Å². The molecule has 224 valence electrons. The van der Waals surface area contributed by atoms with Crippen LogP contribution in [0.2, 0.25) is 0 Å². The van der Waals surface area contributed by atoms with E-state index in [0.29, 0.717) is 44.2 Å². The molecule has 0 unspecified atom stereocenters. The predicted molar refractivity (Wildman–Crippen MR) is 134 cm³/mol. The lowest BCUT2D eigenvalue weighted by Crippen LogP contribution is -2.45. The van der Waals surface area contributed by atoms with Crippen LogP contribution in [-0.4, -0.2) is 71.3 Å². The number of halogens is 6. The summed E-state index contributed by atoms with van der Waals surface area (Å²) in [6, 6.07) is 6.78. The molecule has 0 spiro atoms. The minimum absolute atomic E-state index is 0.165. The molecule has 3 N–H and O–H groups in total. The normalized spacial score (nSPS) is 23.7. The lowest BCUT2D eigenvalue weighted by Gasteiger charge is -2.39. The Bertz CT molecular complexity index is 1210. The smallest absolute Gasteiger partial charge is 0.422 e. The van der Waals surface area contributed by atoms with Crippen LogP contribution in [0.1, 0.15) is 53.6 Å². The van der Waals surface area contributed by atoms with Crippen molar-refractivity contribution in [2.45, 2.75) is 62.1 Å². The summed E-state index contributed by atoms with van der Waals surface area (Å²) in [4.78, 5) is 30.7. The van der Waals surface area contributed by atoms with Crippen LogP contribution in [0, 0.1) is 0 Å². The molecule has 4 rings (SSSR count). The minimum Gasteiger partial charge on any atom is -0.468 e. The van der Waals surface area contributed by atoms with E-state index in [2.05, 4.69) is 25.3 Å². The number of rotatable bonds is 8. The molecule has 1 saturated heterocycles. The lowest BCUT2D eigenvalue weighted by atomic mass is 9.78. The Kier molecular flexibility index (Phi) is 9.12. The molecule has 2 aliphatic rings. The molecule has 2 amide bonds. The van der Waals surface area contributed by atoms with E-state index in [1.54, 1.807) is 0 Å². The number of aliphatic hydroxyl groups is 1. The number of hydrogen-bond donors (Lipinski definition) is 3. The highest BCUT2D eigenvalue weighted by Gasteiger charge is 2.39. The standard InChI is InChI=1S/C27H30F6N4O4/c28-26(29,30)16-41-23-5-4-19(13-34-23)25(40)9-6-21(7-10-25)37-11-8-20(15-37)36-22(38)14-35-24(39)17-2-1-3-18(12-17)27(31,32)33/h1-5,12-13,20-21,40H,6-11,14-16H2,(H,35,39)(H,36,38)/t20-,21?,25?/m1/s1. The lowest BCUT2D eigenvalue weighted by molar-refractivity contribution is -0.154. The molecule has 14 heteroatoms. The van der Waals surface area contributed by atoms with Gasteiger partial charge in [-0.25, -0.2) is 4.98 Å². The molecule has 1 aromatic heterocycles. The first-order valence-electron chi connectivity index (χ1n) is 13.1. The SMILES string of the molecule is O=C(CNC(=O)c1cccc(C(F)(F)F)c1)N[C@@H]1CCN(C2CCC(O)(c3ccc(OCC(F)(F)F)nc3)CC2)C1. The molecule has 1 saturated carbocycles. The van der Waals surface area contributed by atoms with E-state index in [0.717, 1.165) is 24.7 Å². The Morgan fingerprint density at radius 3 is 2.44 bits per heavy atom. The van der Waals surface area contributed by atoms with Crippen molar-refractivity contribution in [3.63, 3.8) is 0 Å². The summed E-state index contributed by atoms with van der Waals surface area (Å²) in [7, 11) is 0. The van der Waals surface area contributed by atoms with Gasteiger partial charge in [0.15, 0.2) is 6.61 Å². The van der Waals surface area contributed by atoms with Crippen LogP contribution >= 0.6 is 0 Å². The zero-order valence-electron chi connectivity index (χ0n) is 21.9. The van der Waals surface area contributed by atoms with Gasteiger partial charge in [-0.15, -0.1) is 0 Å². The van der Waals surface area contributed by atoms with Crippen molar-refractivity contribution < 1.29 is 45.8 Å². The number of carbonyl (C=O) groups excluding carboxylic acids is 2. The Labute approximate surface area is 232 Å². The van der Waals surface area contributed by atoms with Crippen molar-refractivity contribution in [2.75, 3.05) is 26.2 Å². The van der Waals surface area contributed by atoms with Gasteiger partial charge in [0.2, 0.25) is 11.8 Å². The van der Waals surface area contributed by atoms with Crippen molar-refractivity contribution in [1.29, 1.82) is 0 Å². The number of amides is 2. The summed E-state index contributed by atoms with van der Waals surface area (Å²) in [6.45, 7) is -0.534. The Hall–Kier alpha value is -3.39. The van der Waals surface area contributed by atoms with E-state index in [9.17, 15) is 41.0 Å². The van der Waals surface area contributed by atoms with Gasteiger partial charge >= 0.3 is 12.4 Å². The van der Waals surface area contributed by atoms with Crippen LogP contribution in [0.4, 0.5) is 26.3 Å². The number of nitrogens with one attached hydrogen (secondary N) is 2. The maximum atomic E-state index is 12.9. The average molecular weight is 589 g/mol. The number of carbonyl (C=O) groups is 2. The zero-order valence-corrected chi connectivity index (χ0v) is 21.9. The van der Waals surface area contributed by atoms with Crippen molar-refractivity contribution in [1.82, 2.24) is 20.5 Å². The Morgan fingerprint density at radius 1 is 1.07 bits per heavy atom. The van der Waals surface area contributed by atoms with Crippen LogP contribution in [0.15, 0.2) is 42.6 Å². The van der Waals surface area contributed by atoms with Gasteiger partial charge in [-0.05, 0) is 56.4 Å². The molecule has 2 heterocycles. The molecule has 2 fully saturated rings.